The molecule has 17 heavy (non-hydrogen) atoms. The molecule has 0 amide bonds. The summed E-state index contributed by atoms with van der Waals surface area (Å²) in [5.74, 6) is 0.981. The summed E-state index contributed by atoms with van der Waals surface area (Å²) in [5, 5.41) is 9.17. The Bertz CT molecular complexity index is 485. The van der Waals surface area contributed by atoms with Crippen molar-refractivity contribution in [1.29, 1.82) is 5.26 Å². The van der Waals surface area contributed by atoms with Gasteiger partial charge in [-0.3, -0.25) is 0 Å². The molecule has 1 saturated carbocycles. The monoisotopic (exact) mass is 228 g/mol. The molecule has 1 fully saturated rings. The largest absolute Gasteiger partial charge is 0.493 e. The Morgan fingerprint density at radius 3 is 2.94 bits per heavy atom. The van der Waals surface area contributed by atoms with Gasteiger partial charge >= 0.3 is 0 Å². The minimum absolute atomic E-state index is 0.153. The molecule has 3 heteroatoms. The summed E-state index contributed by atoms with van der Waals surface area (Å²) in [6.07, 6.45) is 3.97. The van der Waals surface area contributed by atoms with Crippen molar-refractivity contribution in [2.45, 2.75) is 31.7 Å². The first-order valence-electron chi connectivity index (χ1n) is 6.18. The summed E-state index contributed by atoms with van der Waals surface area (Å²) >= 11 is 0. The molecule has 3 nitrogen and oxygen atoms in total. The maximum Gasteiger partial charge on any atom is 0.122 e. The van der Waals surface area contributed by atoms with Crippen molar-refractivity contribution >= 4 is 0 Å². The zero-order chi connectivity index (χ0) is 11.9. The van der Waals surface area contributed by atoms with Crippen molar-refractivity contribution in [3.8, 4) is 11.8 Å². The number of nitriles is 1. The fourth-order valence-electron chi connectivity index (χ4n) is 2.52. The first kappa shape index (κ1) is 10.6. The molecule has 1 aliphatic carbocycles. The van der Waals surface area contributed by atoms with Crippen molar-refractivity contribution in [2.24, 2.45) is 11.1 Å². The third-order valence-electron chi connectivity index (χ3n) is 3.90. The summed E-state index contributed by atoms with van der Waals surface area (Å²) in [6.45, 7) is 0.806. The lowest BCUT2D eigenvalue weighted by Crippen LogP contribution is -2.22. The van der Waals surface area contributed by atoms with Crippen LogP contribution in [-0.4, -0.2) is 6.61 Å². The predicted molar refractivity (Wildman–Crippen MR) is 64.5 cm³/mol. The van der Waals surface area contributed by atoms with Gasteiger partial charge in [0.25, 0.3) is 0 Å². The number of ether oxygens (including phenoxy) is 1. The van der Waals surface area contributed by atoms with Gasteiger partial charge < -0.3 is 10.5 Å². The quantitative estimate of drug-likeness (QED) is 0.845. The minimum atomic E-state index is -0.302. The SMILES string of the molecule is N#CC1(C(N)c2ccc3c(c2)CCCO3)CC1. The van der Waals surface area contributed by atoms with Gasteiger partial charge in [-0.05, 0) is 42.9 Å². The van der Waals surface area contributed by atoms with E-state index in [0.717, 1.165) is 43.6 Å². The first-order valence-corrected chi connectivity index (χ1v) is 6.18. The molecule has 1 atom stereocenters. The van der Waals surface area contributed by atoms with Crippen LogP contribution < -0.4 is 10.5 Å². The van der Waals surface area contributed by atoms with Crippen molar-refractivity contribution in [3.63, 3.8) is 0 Å². The predicted octanol–water partition coefficient (Wildman–Crippen LogP) is 2.32. The van der Waals surface area contributed by atoms with Crippen molar-refractivity contribution in [3.05, 3.63) is 29.3 Å². The second-order valence-electron chi connectivity index (χ2n) is 5.06. The topological polar surface area (TPSA) is 59.0 Å². The standard InChI is InChI=1S/C14H16N2O/c15-9-14(5-6-14)13(16)11-3-4-12-10(8-11)2-1-7-17-12/h3-4,8,13H,1-2,5-7,16H2. The van der Waals surface area contributed by atoms with E-state index in [1.165, 1.54) is 5.56 Å². The maximum absolute atomic E-state index is 9.17. The lowest BCUT2D eigenvalue weighted by Gasteiger charge is -2.21. The van der Waals surface area contributed by atoms with Gasteiger partial charge in [0.2, 0.25) is 0 Å². The molecule has 2 aliphatic rings. The van der Waals surface area contributed by atoms with Crippen molar-refractivity contribution in [1.82, 2.24) is 0 Å². The van der Waals surface area contributed by atoms with Gasteiger partial charge in [0, 0.05) is 6.04 Å². The van der Waals surface area contributed by atoms with E-state index in [0.29, 0.717) is 0 Å². The molecule has 0 spiro atoms. The molecule has 0 saturated heterocycles. The molecule has 0 aromatic heterocycles. The van der Waals surface area contributed by atoms with Crippen LogP contribution in [0.2, 0.25) is 0 Å². The Kier molecular flexibility index (Phi) is 2.34. The molecule has 88 valence electrons. The van der Waals surface area contributed by atoms with Crippen LogP contribution in [0, 0.1) is 16.7 Å². The van der Waals surface area contributed by atoms with Gasteiger partial charge in [0.15, 0.2) is 0 Å². The first-order chi connectivity index (χ1) is 8.25. The number of nitrogens with two attached hydrogens (primary N) is 1. The highest BCUT2D eigenvalue weighted by molar-refractivity contribution is 5.41. The van der Waals surface area contributed by atoms with E-state index in [-0.39, 0.29) is 11.5 Å². The number of fused-ring (bicyclic) bond motifs is 1. The van der Waals surface area contributed by atoms with Crippen LogP contribution in [-0.2, 0) is 6.42 Å². The molecule has 1 unspecified atom stereocenters. The van der Waals surface area contributed by atoms with E-state index >= 15 is 0 Å². The molecule has 0 radical (unpaired) electrons. The maximum atomic E-state index is 9.17. The van der Waals surface area contributed by atoms with E-state index in [1.807, 2.05) is 12.1 Å². The third kappa shape index (κ3) is 1.69. The number of benzene rings is 1. The molecule has 1 aliphatic heterocycles. The zero-order valence-corrected chi connectivity index (χ0v) is 9.78. The van der Waals surface area contributed by atoms with Gasteiger partial charge in [-0.15, -0.1) is 0 Å². The van der Waals surface area contributed by atoms with E-state index < -0.39 is 0 Å². The van der Waals surface area contributed by atoms with E-state index in [1.54, 1.807) is 0 Å². The molecule has 1 aromatic carbocycles. The lowest BCUT2D eigenvalue weighted by molar-refractivity contribution is 0.288. The molecule has 1 heterocycles. The second-order valence-corrected chi connectivity index (χ2v) is 5.06. The van der Waals surface area contributed by atoms with Gasteiger partial charge in [-0.2, -0.15) is 5.26 Å². The number of nitrogens with zero attached hydrogens (tertiary/aromatic N) is 1. The molecular formula is C14H16N2O. The summed E-state index contributed by atoms with van der Waals surface area (Å²) in [5.41, 5.74) is 8.23. The number of hydrogen-bond donors (Lipinski definition) is 1. The van der Waals surface area contributed by atoms with Gasteiger partial charge in [-0.25, -0.2) is 0 Å². The van der Waals surface area contributed by atoms with Gasteiger partial charge in [-0.1, -0.05) is 12.1 Å². The van der Waals surface area contributed by atoms with Crippen LogP contribution in [0.15, 0.2) is 18.2 Å². The van der Waals surface area contributed by atoms with Crippen LogP contribution in [0.4, 0.5) is 0 Å². The Balaban J connectivity index is 1.91. The van der Waals surface area contributed by atoms with Gasteiger partial charge in [0.1, 0.15) is 5.75 Å². The summed E-state index contributed by atoms with van der Waals surface area (Å²) in [6, 6.07) is 8.35. The Hall–Kier alpha value is -1.53. The Morgan fingerprint density at radius 1 is 1.41 bits per heavy atom. The fraction of sp³-hybridized carbons (Fsp3) is 0.500. The molecular weight excluding hydrogens is 212 g/mol. The van der Waals surface area contributed by atoms with Crippen LogP contribution >= 0.6 is 0 Å². The number of hydrogen-bond acceptors (Lipinski definition) is 3. The normalized spacial score (nSPS) is 21.9. The molecule has 3 rings (SSSR count). The molecule has 0 bridgehead atoms. The fourth-order valence-corrected chi connectivity index (χ4v) is 2.52. The number of rotatable bonds is 2. The van der Waals surface area contributed by atoms with Crippen LogP contribution in [0.5, 0.6) is 5.75 Å². The second kappa shape index (κ2) is 3.75. The van der Waals surface area contributed by atoms with Crippen molar-refractivity contribution in [2.75, 3.05) is 6.61 Å². The van der Waals surface area contributed by atoms with E-state index in [9.17, 15) is 5.26 Å². The zero-order valence-electron chi connectivity index (χ0n) is 9.78. The number of aryl methyl sites for hydroxylation is 1. The third-order valence-corrected chi connectivity index (χ3v) is 3.90. The highest BCUT2D eigenvalue weighted by Gasteiger charge is 2.49. The molecule has 1 aromatic rings. The van der Waals surface area contributed by atoms with Crippen LogP contribution in [0.25, 0.3) is 0 Å². The highest BCUT2D eigenvalue weighted by Crippen LogP contribution is 2.53. The van der Waals surface area contributed by atoms with Crippen molar-refractivity contribution < 1.29 is 4.74 Å². The Morgan fingerprint density at radius 2 is 2.24 bits per heavy atom. The average molecular weight is 228 g/mol. The van der Waals surface area contributed by atoms with Crippen LogP contribution in [0.1, 0.15) is 36.4 Å². The van der Waals surface area contributed by atoms with Crippen LogP contribution in [0.3, 0.4) is 0 Å². The van der Waals surface area contributed by atoms with E-state index in [2.05, 4.69) is 12.1 Å². The summed E-state index contributed by atoms with van der Waals surface area (Å²) in [7, 11) is 0. The molecule has 2 N–H and O–H groups in total. The highest BCUT2D eigenvalue weighted by atomic mass is 16.5. The average Bonchev–Trinajstić information content (AvgIpc) is 3.18. The summed E-state index contributed by atoms with van der Waals surface area (Å²) < 4.78 is 5.58. The van der Waals surface area contributed by atoms with E-state index in [4.69, 9.17) is 10.5 Å². The smallest absolute Gasteiger partial charge is 0.122 e. The van der Waals surface area contributed by atoms with Gasteiger partial charge in [0.05, 0.1) is 18.1 Å². The summed E-state index contributed by atoms with van der Waals surface area (Å²) in [4.78, 5) is 0. The Labute approximate surface area is 101 Å². The minimum Gasteiger partial charge on any atom is -0.493 e. The lowest BCUT2D eigenvalue weighted by atomic mass is 9.90.